The fourth-order valence-electron chi connectivity index (χ4n) is 0.664. The highest BCUT2D eigenvalue weighted by molar-refractivity contribution is 7.87. The van der Waals surface area contributed by atoms with Crippen LogP contribution < -0.4 is 15.2 Å². The average molecular weight is 255 g/mol. The Morgan fingerprint density at radius 1 is 1.53 bits per heavy atom. The van der Waals surface area contributed by atoms with Gasteiger partial charge in [0, 0.05) is 26.1 Å². The second-order valence-corrected chi connectivity index (χ2v) is 5.10. The van der Waals surface area contributed by atoms with Crippen LogP contribution in [-0.4, -0.2) is 40.2 Å². The molecule has 0 bridgehead atoms. The van der Waals surface area contributed by atoms with Gasteiger partial charge < -0.3 is 10.5 Å². The summed E-state index contributed by atoms with van der Waals surface area (Å²) in [4.78, 5) is 0.287. The molecule has 0 radical (unpaired) electrons. The van der Waals surface area contributed by atoms with Crippen molar-refractivity contribution in [2.24, 2.45) is 11.7 Å². The predicted molar refractivity (Wildman–Crippen MR) is 62.8 cm³/mol. The molecule has 0 aliphatic rings. The number of methoxy groups -OCH3 is 1. The van der Waals surface area contributed by atoms with Gasteiger partial charge in [0.25, 0.3) is 10.2 Å². The van der Waals surface area contributed by atoms with Crippen molar-refractivity contribution >= 4 is 27.4 Å². The Kier molecular flexibility index (Phi) is 6.94. The maximum absolute atomic E-state index is 11.3. The number of rotatable bonds is 8. The van der Waals surface area contributed by atoms with E-state index < -0.39 is 10.2 Å². The van der Waals surface area contributed by atoms with Crippen LogP contribution in [0.25, 0.3) is 0 Å². The SMILES string of the molecule is COCCNS(=O)(=O)NCC(C)C(N)=S. The molecule has 0 aliphatic heterocycles. The Hall–Kier alpha value is -0.280. The first-order valence-electron chi connectivity index (χ1n) is 4.41. The second kappa shape index (κ2) is 7.07. The van der Waals surface area contributed by atoms with Crippen LogP contribution in [0.3, 0.4) is 0 Å². The third-order valence-corrected chi connectivity index (χ3v) is 3.20. The van der Waals surface area contributed by atoms with E-state index >= 15 is 0 Å². The molecule has 15 heavy (non-hydrogen) atoms. The standard InChI is InChI=1S/C7H17N3O3S2/c1-6(7(8)14)5-10-15(11,12)9-3-4-13-2/h6,9-10H,3-5H2,1-2H3,(H2,8,14). The van der Waals surface area contributed by atoms with Gasteiger partial charge in [-0.15, -0.1) is 0 Å². The Morgan fingerprint density at radius 3 is 2.60 bits per heavy atom. The minimum absolute atomic E-state index is 0.168. The van der Waals surface area contributed by atoms with Gasteiger partial charge in [0.1, 0.15) is 0 Å². The number of nitrogens with one attached hydrogen (secondary N) is 2. The molecule has 6 nitrogen and oxygen atoms in total. The van der Waals surface area contributed by atoms with Crippen molar-refractivity contribution in [1.82, 2.24) is 9.44 Å². The summed E-state index contributed by atoms with van der Waals surface area (Å²) < 4.78 is 31.9. The number of ether oxygens (including phenoxy) is 1. The zero-order valence-electron chi connectivity index (χ0n) is 8.82. The van der Waals surface area contributed by atoms with E-state index in [0.29, 0.717) is 6.61 Å². The summed E-state index contributed by atoms with van der Waals surface area (Å²) in [5.41, 5.74) is 5.34. The first-order valence-corrected chi connectivity index (χ1v) is 6.30. The van der Waals surface area contributed by atoms with Crippen molar-refractivity contribution in [3.63, 3.8) is 0 Å². The molecule has 8 heteroatoms. The molecule has 1 unspecified atom stereocenters. The Balaban J connectivity index is 3.89. The largest absolute Gasteiger partial charge is 0.393 e. The van der Waals surface area contributed by atoms with Crippen LogP contribution in [0.4, 0.5) is 0 Å². The van der Waals surface area contributed by atoms with Crippen LogP contribution in [0, 0.1) is 5.92 Å². The van der Waals surface area contributed by atoms with Crippen molar-refractivity contribution in [3.8, 4) is 0 Å². The normalized spacial score (nSPS) is 13.7. The van der Waals surface area contributed by atoms with Gasteiger partial charge >= 0.3 is 0 Å². The molecule has 0 saturated carbocycles. The summed E-state index contributed by atoms with van der Waals surface area (Å²) in [6.07, 6.45) is 0. The summed E-state index contributed by atoms with van der Waals surface area (Å²) in [6, 6.07) is 0. The zero-order chi connectivity index (χ0) is 11.9. The molecular formula is C7H17N3O3S2. The van der Waals surface area contributed by atoms with E-state index in [9.17, 15) is 8.42 Å². The van der Waals surface area contributed by atoms with Crippen molar-refractivity contribution in [2.45, 2.75) is 6.92 Å². The maximum atomic E-state index is 11.3. The van der Waals surface area contributed by atoms with E-state index in [1.54, 1.807) is 6.92 Å². The highest BCUT2D eigenvalue weighted by Gasteiger charge is 2.11. The van der Waals surface area contributed by atoms with Gasteiger partial charge in [-0.3, -0.25) is 0 Å². The van der Waals surface area contributed by atoms with Crippen LogP contribution in [0.5, 0.6) is 0 Å². The lowest BCUT2D eigenvalue weighted by molar-refractivity contribution is 0.204. The van der Waals surface area contributed by atoms with Crippen molar-refractivity contribution < 1.29 is 13.2 Å². The molecular weight excluding hydrogens is 238 g/mol. The van der Waals surface area contributed by atoms with Crippen LogP contribution in [0.2, 0.25) is 0 Å². The molecule has 0 fully saturated rings. The maximum Gasteiger partial charge on any atom is 0.277 e. The molecule has 0 saturated heterocycles. The number of nitrogens with two attached hydrogens (primary N) is 1. The van der Waals surface area contributed by atoms with E-state index in [2.05, 4.69) is 9.44 Å². The second-order valence-electron chi connectivity index (χ2n) is 3.04. The monoisotopic (exact) mass is 255 g/mol. The van der Waals surface area contributed by atoms with Crippen molar-refractivity contribution in [2.75, 3.05) is 26.8 Å². The molecule has 0 spiro atoms. The fraction of sp³-hybridized carbons (Fsp3) is 0.857. The first-order chi connectivity index (χ1) is 6.89. The summed E-state index contributed by atoms with van der Waals surface area (Å²) in [7, 11) is -1.98. The van der Waals surface area contributed by atoms with Gasteiger partial charge in [0.05, 0.1) is 11.6 Å². The first kappa shape index (κ1) is 14.7. The van der Waals surface area contributed by atoms with Gasteiger partial charge in [-0.2, -0.15) is 13.1 Å². The van der Waals surface area contributed by atoms with Crippen LogP contribution in [-0.2, 0) is 14.9 Å². The number of hydrogen-bond acceptors (Lipinski definition) is 4. The molecule has 0 heterocycles. The Bertz CT molecular complexity index is 292. The lowest BCUT2D eigenvalue weighted by Crippen LogP contribution is -2.41. The predicted octanol–water partition coefficient (Wildman–Crippen LogP) is -1.02. The zero-order valence-corrected chi connectivity index (χ0v) is 10.5. The lowest BCUT2D eigenvalue weighted by atomic mass is 10.2. The third-order valence-electron chi connectivity index (χ3n) is 1.66. The number of thiocarbonyl (C=S) groups is 1. The van der Waals surface area contributed by atoms with E-state index in [4.69, 9.17) is 22.7 Å². The minimum Gasteiger partial charge on any atom is -0.393 e. The summed E-state index contributed by atoms with van der Waals surface area (Å²) in [5.74, 6) is -0.168. The highest BCUT2D eigenvalue weighted by Crippen LogP contribution is 1.92. The highest BCUT2D eigenvalue weighted by atomic mass is 32.2. The molecule has 4 N–H and O–H groups in total. The van der Waals surface area contributed by atoms with Crippen LogP contribution in [0.15, 0.2) is 0 Å². The average Bonchev–Trinajstić information content (AvgIpc) is 2.14. The smallest absolute Gasteiger partial charge is 0.277 e. The van der Waals surface area contributed by atoms with E-state index in [-0.39, 0.29) is 24.0 Å². The van der Waals surface area contributed by atoms with Gasteiger partial charge in [0.2, 0.25) is 0 Å². The minimum atomic E-state index is -3.48. The molecule has 0 aliphatic carbocycles. The van der Waals surface area contributed by atoms with Gasteiger partial charge in [-0.1, -0.05) is 19.1 Å². The fourth-order valence-corrected chi connectivity index (χ4v) is 1.67. The van der Waals surface area contributed by atoms with Crippen LogP contribution in [0.1, 0.15) is 6.92 Å². The van der Waals surface area contributed by atoms with E-state index in [1.807, 2.05) is 0 Å². The molecule has 1 atom stereocenters. The molecule has 0 amide bonds. The Labute approximate surface area is 95.7 Å². The molecule has 0 aromatic rings. The van der Waals surface area contributed by atoms with Gasteiger partial charge in [-0.25, -0.2) is 4.72 Å². The summed E-state index contributed by atoms with van der Waals surface area (Å²) in [5, 5.41) is 0. The Morgan fingerprint density at radius 2 is 2.13 bits per heavy atom. The quantitative estimate of drug-likeness (QED) is 0.381. The van der Waals surface area contributed by atoms with E-state index in [0.717, 1.165) is 0 Å². The topological polar surface area (TPSA) is 93.4 Å². The lowest BCUT2D eigenvalue weighted by Gasteiger charge is -2.11. The summed E-state index contributed by atoms with van der Waals surface area (Å²) in [6.45, 7) is 2.50. The molecule has 0 rings (SSSR count). The van der Waals surface area contributed by atoms with Crippen molar-refractivity contribution in [3.05, 3.63) is 0 Å². The van der Waals surface area contributed by atoms with E-state index in [1.165, 1.54) is 7.11 Å². The molecule has 90 valence electrons. The molecule has 0 aromatic carbocycles. The van der Waals surface area contributed by atoms with Crippen LogP contribution >= 0.6 is 12.2 Å². The number of hydrogen-bond donors (Lipinski definition) is 3. The van der Waals surface area contributed by atoms with Gasteiger partial charge in [0.15, 0.2) is 0 Å². The molecule has 0 aromatic heterocycles. The summed E-state index contributed by atoms with van der Waals surface area (Å²) >= 11 is 4.72. The third kappa shape index (κ3) is 7.63. The van der Waals surface area contributed by atoms with Crippen molar-refractivity contribution in [1.29, 1.82) is 0 Å². The van der Waals surface area contributed by atoms with Gasteiger partial charge in [-0.05, 0) is 0 Å².